The Morgan fingerprint density at radius 3 is 2.87 bits per heavy atom. The Kier molecular flexibility index (Phi) is 5.93. The number of pyridine rings is 1. The van der Waals surface area contributed by atoms with Crippen molar-refractivity contribution in [2.75, 3.05) is 26.4 Å². The number of rotatable bonds is 6. The van der Waals surface area contributed by atoms with E-state index in [2.05, 4.69) is 15.7 Å². The first kappa shape index (κ1) is 20.6. The summed E-state index contributed by atoms with van der Waals surface area (Å²) in [6.45, 7) is 4.13. The third-order valence-electron chi connectivity index (χ3n) is 7.33. The van der Waals surface area contributed by atoms with Gasteiger partial charge in [0.2, 0.25) is 0 Å². The Bertz CT molecular complexity index is 857. The van der Waals surface area contributed by atoms with E-state index in [1.165, 1.54) is 30.3 Å². The van der Waals surface area contributed by atoms with E-state index in [1.807, 2.05) is 17.4 Å². The molecule has 0 amide bonds. The number of nitrogens with zero attached hydrogens (tertiary/aromatic N) is 1. The van der Waals surface area contributed by atoms with Gasteiger partial charge in [-0.1, -0.05) is 0 Å². The number of halogens is 1. The molecule has 1 atom stereocenters. The van der Waals surface area contributed by atoms with E-state index in [0.717, 1.165) is 70.7 Å². The topological polar surface area (TPSA) is 43.4 Å². The van der Waals surface area contributed by atoms with Gasteiger partial charge in [0.25, 0.3) is 0 Å². The molecule has 2 aliphatic heterocycles. The molecule has 2 aromatic rings. The first-order valence-electron chi connectivity index (χ1n) is 11.3. The highest BCUT2D eigenvalue weighted by atomic mass is 32.1. The molecule has 0 aromatic carbocycles. The molecule has 1 spiro atoms. The summed E-state index contributed by atoms with van der Waals surface area (Å²) in [5.74, 6) is -0.272. The highest BCUT2D eigenvalue weighted by molar-refractivity contribution is 7.10. The highest BCUT2D eigenvalue weighted by Gasteiger charge is 2.47. The number of aryl methyl sites for hydroxylation is 1. The molecule has 1 N–H and O–H groups in total. The Hall–Kier alpha value is -1.34. The van der Waals surface area contributed by atoms with E-state index < -0.39 is 0 Å². The molecule has 1 aliphatic carbocycles. The van der Waals surface area contributed by atoms with Gasteiger partial charge in [0.15, 0.2) is 0 Å². The van der Waals surface area contributed by atoms with Crippen LogP contribution in [-0.2, 0) is 34.3 Å². The van der Waals surface area contributed by atoms with Crippen LogP contribution in [0.5, 0.6) is 0 Å². The van der Waals surface area contributed by atoms with Crippen LogP contribution in [0.4, 0.5) is 4.39 Å². The number of aromatic nitrogens is 1. The quantitative estimate of drug-likeness (QED) is 0.683. The number of thiophene rings is 1. The van der Waals surface area contributed by atoms with E-state index in [9.17, 15) is 4.39 Å². The summed E-state index contributed by atoms with van der Waals surface area (Å²) in [6, 6.07) is 3.44. The minimum absolute atomic E-state index is 0.0757. The van der Waals surface area contributed by atoms with Crippen molar-refractivity contribution in [2.45, 2.75) is 68.9 Å². The molecule has 0 unspecified atom stereocenters. The Morgan fingerprint density at radius 2 is 2.03 bits per heavy atom. The van der Waals surface area contributed by atoms with Crippen molar-refractivity contribution in [3.8, 4) is 0 Å². The zero-order chi connectivity index (χ0) is 20.4. The zero-order valence-corrected chi connectivity index (χ0v) is 18.4. The Balaban J connectivity index is 1.30. The zero-order valence-electron chi connectivity index (χ0n) is 17.6. The van der Waals surface area contributed by atoms with Crippen LogP contribution >= 0.6 is 11.3 Å². The summed E-state index contributed by atoms with van der Waals surface area (Å²) >= 11 is 1.90. The van der Waals surface area contributed by atoms with E-state index in [-0.39, 0.29) is 16.8 Å². The minimum Gasteiger partial charge on any atom is -0.381 e. The molecule has 0 bridgehead atoms. The van der Waals surface area contributed by atoms with Gasteiger partial charge in [0.1, 0.15) is 5.82 Å². The summed E-state index contributed by atoms with van der Waals surface area (Å²) < 4.78 is 25.5. The predicted octanol–water partition coefficient (Wildman–Crippen LogP) is 4.55. The average molecular weight is 431 g/mol. The third kappa shape index (κ3) is 4.07. The maximum Gasteiger partial charge on any atom is 0.141 e. The van der Waals surface area contributed by atoms with E-state index in [4.69, 9.17) is 9.47 Å². The van der Waals surface area contributed by atoms with Gasteiger partial charge in [-0.15, -0.1) is 11.3 Å². The van der Waals surface area contributed by atoms with Crippen LogP contribution in [-0.4, -0.2) is 37.0 Å². The van der Waals surface area contributed by atoms with Crippen LogP contribution in [0.25, 0.3) is 0 Å². The monoisotopic (exact) mass is 430 g/mol. The fourth-order valence-corrected chi connectivity index (χ4v) is 6.75. The van der Waals surface area contributed by atoms with Gasteiger partial charge < -0.3 is 14.8 Å². The molecule has 162 valence electrons. The number of fused-ring (bicyclic) bond motifs is 1. The molecule has 6 heteroatoms. The van der Waals surface area contributed by atoms with Crippen molar-refractivity contribution >= 4 is 11.3 Å². The smallest absolute Gasteiger partial charge is 0.141 e. The van der Waals surface area contributed by atoms with E-state index in [0.29, 0.717) is 0 Å². The largest absolute Gasteiger partial charge is 0.381 e. The molecule has 5 rings (SSSR count). The molecule has 4 nitrogen and oxygen atoms in total. The normalized spacial score (nSPS) is 25.5. The van der Waals surface area contributed by atoms with E-state index >= 15 is 0 Å². The second kappa shape index (κ2) is 8.65. The molecular weight excluding hydrogens is 399 g/mol. The van der Waals surface area contributed by atoms with Crippen LogP contribution in [0.15, 0.2) is 23.7 Å². The molecule has 4 heterocycles. The van der Waals surface area contributed by atoms with Gasteiger partial charge >= 0.3 is 0 Å². The molecular formula is C24H31FN2O2S. The molecule has 3 aliphatic rings. The molecule has 2 aromatic heterocycles. The predicted molar refractivity (Wildman–Crippen MR) is 117 cm³/mol. The Labute approximate surface area is 182 Å². The summed E-state index contributed by atoms with van der Waals surface area (Å²) in [7, 11) is 0. The van der Waals surface area contributed by atoms with Gasteiger partial charge in [0, 0.05) is 42.4 Å². The summed E-state index contributed by atoms with van der Waals surface area (Å²) in [4.78, 5) is 6.04. The first-order chi connectivity index (χ1) is 14.7. The van der Waals surface area contributed by atoms with Crippen molar-refractivity contribution in [1.29, 1.82) is 0 Å². The minimum atomic E-state index is -0.272. The Morgan fingerprint density at radius 1 is 1.13 bits per heavy atom. The number of nitrogens with one attached hydrogen (secondary N) is 1. The van der Waals surface area contributed by atoms with Crippen molar-refractivity contribution in [3.63, 3.8) is 0 Å². The SMILES string of the molecule is Fc1ccc([C@]2(CCNCc3scc4c3CCC4)CCOC3(CCOCC3)C2)nc1. The second-order valence-electron chi connectivity index (χ2n) is 9.16. The van der Waals surface area contributed by atoms with Crippen molar-refractivity contribution in [3.05, 3.63) is 51.2 Å². The molecule has 0 saturated carbocycles. The lowest BCUT2D eigenvalue weighted by Gasteiger charge is -2.49. The van der Waals surface area contributed by atoms with Crippen LogP contribution in [0.2, 0.25) is 0 Å². The third-order valence-corrected chi connectivity index (χ3v) is 8.41. The lowest BCUT2D eigenvalue weighted by atomic mass is 9.66. The van der Waals surface area contributed by atoms with Crippen LogP contribution in [0, 0.1) is 5.82 Å². The molecule has 30 heavy (non-hydrogen) atoms. The molecule has 2 fully saturated rings. The van der Waals surface area contributed by atoms with Crippen molar-refractivity contribution < 1.29 is 13.9 Å². The van der Waals surface area contributed by atoms with Gasteiger partial charge in [-0.05, 0) is 86.6 Å². The van der Waals surface area contributed by atoms with E-state index in [1.54, 1.807) is 17.2 Å². The fraction of sp³-hybridized carbons (Fsp3) is 0.625. The summed E-state index contributed by atoms with van der Waals surface area (Å²) in [5.41, 5.74) is 3.97. The van der Waals surface area contributed by atoms with Gasteiger partial charge in [-0.3, -0.25) is 4.98 Å². The highest BCUT2D eigenvalue weighted by Crippen LogP contribution is 2.47. The number of hydrogen-bond donors (Lipinski definition) is 1. The van der Waals surface area contributed by atoms with Crippen LogP contribution < -0.4 is 5.32 Å². The second-order valence-corrected chi connectivity index (χ2v) is 10.1. The molecule has 2 saturated heterocycles. The summed E-state index contributed by atoms with van der Waals surface area (Å²) in [5, 5.41) is 6.05. The van der Waals surface area contributed by atoms with Crippen molar-refractivity contribution in [1.82, 2.24) is 10.3 Å². The average Bonchev–Trinajstić information content (AvgIpc) is 3.37. The lowest BCUT2D eigenvalue weighted by Crippen LogP contribution is -2.51. The van der Waals surface area contributed by atoms with Gasteiger partial charge in [-0.25, -0.2) is 4.39 Å². The fourth-order valence-electron chi connectivity index (χ4n) is 5.64. The number of hydrogen-bond acceptors (Lipinski definition) is 5. The summed E-state index contributed by atoms with van der Waals surface area (Å²) in [6.07, 6.45) is 9.89. The lowest BCUT2D eigenvalue weighted by molar-refractivity contribution is -0.154. The maximum absolute atomic E-state index is 13.6. The van der Waals surface area contributed by atoms with Crippen LogP contribution in [0.1, 0.15) is 60.2 Å². The standard InChI is InChI=1S/C24H31FN2O2S/c25-19-4-5-22(27-14-19)23(7-13-29-24(17-23)8-11-28-12-9-24)6-10-26-15-21-20-3-1-2-18(20)16-30-21/h4-5,14,16,26H,1-3,6-13,15,17H2/t23-/m1/s1. The first-order valence-corrected chi connectivity index (χ1v) is 12.2. The number of ether oxygens (including phenoxy) is 2. The van der Waals surface area contributed by atoms with Crippen LogP contribution in [0.3, 0.4) is 0 Å². The molecule has 0 radical (unpaired) electrons. The van der Waals surface area contributed by atoms with Crippen molar-refractivity contribution in [2.24, 2.45) is 0 Å². The van der Waals surface area contributed by atoms with Gasteiger partial charge in [-0.2, -0.15) is 0 Å². The van der Waals surface area contributed by atoms with Gasteiger partial charge in [0.05, 0.1) is 11.8 Å². The maximum atomic E-state index is 13.6.